The predicted octanol–water partition coefficient (Wildman–Crippen LogP) is 3.83. The number of ether oxygens (including phenoxy) is 3. The number of hydrogen-bond acceptors (Lipinski definition) is 4. The van der Waals surface area contributed by atoms with Crippen LogP contribution in [0.25, 0.3) is 0 Å². The van der Waals surface area contributed by atoms with E-state index in [-0.39, 0.29) is 12.2 Å². The minimum Gasteiger partial charge on any atom is -0.393 e. The first-order valence-corrected chi connectivity index (χ1v) is 8.75. The normalized spacial score (nSPS) is 24.5. The van der Waals surface area contributed by atoms with Crippen LogP contribution in [0.4, 0.5) is 0 Å². The summed E-state index contributed by atoms with van der Waals surface area (Å²) in [7, 11) is 0. The zero-order valence-corrected chi connectivity index (χ0v) is 14.8. The summed E-state index contributed by atoms with van der Waals surface area (Å²) in [6, 6.07) is 10.2. The molecule has 0 saturated carbocycles. The predicted molar refractivity (Wildman–Crippen MR) is 94.6 cm³/mol. The van der Waals surface area contributed by atoms with Gasteiger partial charge in [0.1, 0.15) is 0 Å². The van der Waals surface area contributed by atoms with Gasteiger partial charge in [-0.05, 0) is 32.3 Å². The lowest BCUT2D eigenvalue weighted by molar-refractivity contribution is -0.304. The molecule has 134 valence electrons. The summed E-state index contributed by atoms with van der Waals surface area (Å²) in [6.07, 6.45) is 4.24. The highest BCUT2D eigenvalue weighted by Gasteiger charge is 2.35. The zero-order chi connectivity index (χ0) is 17.4. The van der Waals surface area contributed by atoms with E-state index in [1.165, 1.54) is 5.56 Å². The minimum atomic E-state index is -0.624. The third-order valence-corrected chi connectivity index (χ3v) is 4.10. The van der Waals surface area contributed by atoms with Crippen LogP contribution in [0.3, 0.4) is 0 Å². The molecule has 1 aromatic rings. The second-order valence-electron chi connectivity index (χ2n) is 6.86. The molecule has 0 spiro atoms. The zero-order valence-electron chi connectivity index (χ0n) is 14.8. The van der Waals surface area contributed by atoms with Gasteiger partial charge >= 0.3 is 0 Å². The Balaban J connectivity index is 1.75. The fraction of sp³-hybridized carbons (Fsp3) is 0.600. The molecule has 0 amide bonds. The standard InChI is InChI=1S/C20H30O4/c1-4-8-17(21)13-19-14-18(23-20(2,3)24-19)11-12-22-15-16-9-6-5-7-10-16/h4-7,9-10,17-19,21H,1,8,11-15H2,2-3H3/t17-,18+,19+/m0/s1. The molecule has 1 aromatic carbocycles. The van der Waals surface area contributed by atoms with Gasteiger partial charge in [-0.3, -0.25) is 0 Å². The van der Waals surface area contributed by atoms with Crippen LogP contribution in [0.15, 0.2) is 43.0 Å². The lowest BCUT2D eigenvalue weighted by atomic mass is 9.99. The molecule has 1 fully saturated rings. The Morgan fingerprint density at radius 3 is 2.71 bits per heavy atom. The molecule has 1 saturated heterocycles. The molecule has 4 nitrogen and oxygen atoms in total. The lowest BCUT2D eigenvalue weighted by Crippen LogP contribution is -2.45. The number of benzene rings is 1. The van der Waals surface area contributed by atoms with E-state index in [0.29, 0.717) is 26.1 Å². The summed E-state index contributed by atoms with van der Waals surface area (Å²) in [5.41, 5.74) is 1.18. The molecule has 0 bridgehead atoms. The molecule has 0 radical (unpaired) electrons. The molecular weight excluding hydrogens is 304 g/mol. The van der Waals surface area contributed by atoms with Crippen molar-refractivity contribution in [2.75, 3.05) is 6.61 Å². The van der Waals surface area contributed by atoms with Crippen molar-refractivity contribution in [3.05, 3.63) is 48.6 Å². The second kappa shape index (κ2) is 9.33. The first-order chi connectivity index (χ1) is 11.5. The molecule has 0 aromatic heterocycles. The van der Waals surface area contributed by atoms with Gasteiger partial charge in [0.05, 0.1) is 24.9 Å². The van der Waals surface area contributed by atoms with Gasteiger partial charge in [-0.25, -0.2) is 0 Å². The minimum absolute atomic E-state index is 0.00261. The van der Waals surface area contributed by atoms with E-state index in [9.17, 15) is 5.11 Å². The van der Waals surface area contributed by atoms with Gasteiger partial charge in [0.2, 0.25) is 0 Å². The number of hydrogen-bond donors (Lipinski definition) is 1. The van der Waals surface area contributed by atoms with Gasteiger partial charge in [-0.15, -0.1) is 6.58 Å². The molecule has 2 rings (SSSR count). The van der Waals surface area contributed by atoms with Crippen molar-refractivity contribution in [3.8, 4) is 0 Å². The van der Waals surface area contributed by atoms with Gasteiger partial charge in [0, 0.05) is 19.4 Å². The maximum Gasteiger partial charge on any atom is 0.163 e. The monoisotopic (exact) mass is 334 g/mol. The van der Waals surface area contributed by atoms with E-state index >= 15 is 0 Å². The topological polar surface area (TPSA) is 47.9 Å². The van der Waals surface area contributed by atoms with E-state index < -0.39 is 11.9 Å². The maximum absolute atomic E-state index is 9.98. The molecule has 1 aliphatic rings. The van der Waals surface area contributed by atoms with Crippen molar-refractivity contribution in [2.24, 2.45) is 0 Å². The molecule has 0 aliphatic carbocycles. The fourth-order valence-corrected chi connectivity index (χ4v) is 3.11. The van der Waals surface area contributed by atoms with E-state index in [1.54, 1.807) is 6.08 Å². The van der Waals surface area contributed by atoms with Gasteiger partial charge in [-0.2, -0.15) is 0 Å². The molecule has 0 unspecified atom stereocenters. The van der Waals surface area contributed by atoms with Crippen molar-refractivity contribution in [1.29, 1.82) is 0 Å². The first-order valence-electron chi connectivity index (χ1n) is 8.75. The van der Waals surface area contributed by atoms with Crippen molar-refractivity contribution in [1.82, 2.24) is 0 Å². The maximum atomic E-state index is 9.98. The molecule has 1 N–H and O–H groups in total. The Kier molecular flexibility index (Phi) is 7.43. The van der Waals surface area contributed by atoms with Crippen LogP contribution < -0.4 is 0 Å². The molecular formula is C20H30O4. The smallest absolute Gasteiger partial charge is 0.163 e. The lowest BCUT2D eigenvalue weighted by Gasteiger charge is -2.41. The summed E-state index contributed by atoms with van der Waals surface area (Å²) in [5.74, 6) is -0.624. The molecule has 3 atom stereocenters. The molecule has 1 aliphatic heterocycles. The van der Waals surface area contributed by atoms with Gasteiger partial charge in [0.15, 0.2) is 5.79 Å². The summed E-state index contributed by atoms with van der Waals surface area (Å²) >= 11 is 0. The SMILES string of the molecule is C=CC[C@H](O)C[C@@H]1C[C@@H](CCOCc2ccccc2)OC(C)(C)O1. The average molecular weight is 334 g/mol. The highest BCUT2D eigenvalue weighted by molar-refractivity contribution is 5.13. The summed E-state index contributed by atoms with van der Waals surface area (Å²) in [4.78, 5) is 0. The number of aliphatic hydroxyl groups excluding tert-OH is 1. The Labute approximate surface area is 145 Å². The van der Waals surface area contributed by atoms with Crippen LogP contribution >= 0.6 is 0 Å². The summed E-state index contributed by atoms with van der Waals surface area (Å²) in [6.45, 7) is 8.80. The van der Waals surface area contributed by atoms with Crippen LogP contribution in [0.2, 0.25) is 0 Å². The van der Waals surface area contributed by atoms with Crippen molar-refractivity contribution < 1.29 is 19.3 Å². The molecule has 24 heavy (non-hydrogen) atoms. The van der Waals surface area contributed by atoms with Crippen LogP contribution in [0.1, 0.15) is 45.1 Å². The van der Waals surface area contributed by atoms with Gasteiger partial charge < -0.3 is 19.3 Å². The van der Waals surface area contributed by atoms with Gasteiger partial charge in [0.25, 0.3) is 0 Å². The van der Waals surface area contributed by atoms with E-state index in [1.807, 2.05) is 32.0 Å². The third kappa shape index (κ3) is 6.73. The van der Waals surface area contributed by atoms with Crippen molar-refractivity contribution in [2.45, 2.75) is 70.2 Å². The second-order valence-corrected chi connectivity index (χ2v) is 6.86. The van der Waals surface area contributed by atoms with E-state index in [0.717, 1.165) is 12.8 Å². The highest BCUT2D eigenvalue weighted by Crippen LogP contribution is 2.30. The Hall–Kier alpha value is -1.20. The molecule has 4 heteroatoms. The van der Waals surface area contributed by atoms with Crippen LogP contribution in [-0.2, 0) is 20.8 Å². The number of rotatable bonds is 9. The van der Waals surface area contributed by atoms with E-state index in [4.69, 9.17) is 14.2 Å². The summed E-state index contributed by atoms with van der Waals surface area (Å²) in [5, 5.41) is 9.98. The molecule has 1 heterocycles. The Morgan fingerprint density at radius 2 is 2.00 bits per heavy atom. The quantitative estimate of drug-likeness (QED) is 0.551. The average Bonchev–Trinajstić information content (AvgIpc) is 2.51. The Morgan fingerprint density at radius 1 is 1.29 bits per heavy atom. The van der Waals surface area contributed by atoms with Crippen LogP contribution in [-0.4, -0.2) is 35.8 Å². The highest BCUT2D eigenvalue weighted by atomic mass is 16.7. The largest absolute Gasteiger partial charge is 0.393 e. The van der Waals surface area contributed by atoms with Crippen LogP contribution in [0.5, 0.6) is 0 Å². The van der Waals surface area contributed by atoms with Gasteiger partial charge in [-0.1, -0.05) is 36.4 Å². The number of aliphatic hydroxyl groups is 1. The van der Waals surface area contributed by atoms with Crippen LogP contribution in [0, 0.1) is 0 Å². The van der Waals surface area contributed by atoms with Crippen molar-refractivity contribution in [3.63, 3.8) is 0 Å². The third-order valence-electron chi connectivity index (χ3n) is 4.10. The fourth-order valence-electron chi connectivity index (χ4n) is 3.11. The van der Waals surface area contributed by atoms with E-state index in [2.05, 4.69) is 18.7 Å². The summed E-state index contributed by atoms with van der Waals surface area (Å²) < 4.78 is 17.7. The van der Waals surface area contributed by atoms with Crippen molar-refractivity contribution >= 4 is 0 Å². The first kappa shape index (κ1) is 19.1. The Bertz CT molecular complexity index is 486.